The van der Waals surface area contributed by atoms with Gasteiger partial charge >= 0.3 is 18.0 Å². The molecule has 3 rings (SSSR count). The van der Waals surface area contributed by atoms with Gasteiger partial charge in [0.25, 0.3) is 0 Å². The van der Waals surface area contributed by atoms with Gasteiger partial charge in [-0.15, -0.1) is 0 Å². The summed E-state index contributed by atoms with van der Waals surface area (Å²) in [6.45, 7) is 7.86. The van der Waals surface area contributed by atoms with Crippen molar-refractivity contribution in [2.45, 2.75) is 52.9 Å². The fourth-order valence-corrected chi connectivity index (χ4v) is 4.95. The van der Waals surface area contributed by atoms with Gasteiger partial charge in [0.1, 0.15) is 5.75 Å². The van der Waals surface area contributed by atoms with E-state index >= 15 is 0 Å². The van der Waals surface area contributed by atoms with Crippen molar-refractivity contribution in [3.8, 4) is 5.75 Å². The predicted octanol–water partition coefficient (Wildman–Crippen LogP) is 3.83. The molecule has 1 saturated heterocycles. The quantitative estimate of drug-likeness (QED) is 0.186. The highest BCUT2D eigenvalue weighted by molar-refractivity contribution is 6.01. The first-order chi connectivity index (χ1) is 21.9. The van der Waals surface area contributed by atoms with Gasteiger partial charge in [0.2, 0.25) is 11.8 Å². The predicted molar refractivity (Wildman–Crippen MR) is 175 cm³/mol. The van der Waals surface area contributed by atoms with Gasteiger partial charge in [0, 0.05) is 51.4 Å². The van der Waals surface area contributed by atoms with Crippen LogP contribution >= 0.6 is 0 Å². The summed E-state index contributed by atoms with van der Waals surface area (Å²) in [5.74, 6) is -0.702. The number of hydrogen-bond donors (Lipinski definition) is 5. The molecule has 0 aliphatic carbocycles. The normalized spacial score (nSPS) is 12.8. The third-order valence-corrected chi connectivity index (χ3v) is 7.66. The number of nitrogens with zero attached hydrogens (tertiary/aromatic N) is 2. The Balaban J connectivity index is 1.47. The van der Waals surface area contributed by atoms with Crippen LogP contribution in [-0.2, 0) is 20.8 Å². The molecule has 0 saturated carbocycles. The van der Waals surface area contributed by atoms with E-state index < -0.39 is 17.4 Å². The van der Waals surface area contributed by atoms with E-state index in [2.05, 4.69) is 21.3 Å². The van der Waals surface area contributed by atoms with Crippen LogP contribution in [0.3, 0.4) is 0 Å². The molecular weight excluding hydrogens is 592 g/mol. The number of urea groups is 2. The maximum atomic E-state index is 12.9. The molecule has 1 fully saturated rings. The molecular formula is C33H46N6O7. The average molecular weight is 639 g/mol. The average Bonchev–Trinajstić information content (AvgIpc) is 3.42. The smallest absolute Gasteiger partial charge is 0.323 e. The number of carboxylic acids is 1. The molecule has 0 atom stereocenters. The summed E-state index contributed by atoms with van der Waals surface area (Å²) in [7, 11) is 1.48. The zero-order chi connectivity index (χ0) is 33.7. The van der Waals surface area contributed by atoms with Crippen molar-refractivity contribution in [2.24, 2.45) is 5.41 Å². The molecule has 1 heterocycles. The lowest BCUT2D eigenvalue weighted by Crippen LogP contribution is -2.47. The van der Waals surface area contributed by atoms with Crippen LogP contribution in [0.2, 0.25) is 0 Å². The number of nitrogens with one attached hydrogen (secondary N) is 4. The van der Waals surface area contributed by atoms with E-state index in [1.165, 1.54) is 12.0 Å². The van der Waals surface area contributed by atoms with Crippen molar-refractivity contribution < 1.29 is 33.8 Å². The molecule has 0 radical (unpaired) electrons. The summed E-state index contributed by atoms with van der Waals surface area (Å²) in [6.07, 6.45) is 1.83. The number of aryl methyl sites for hydroxylation is 1. The van der Waals surface area contributed by atoms with Gasteiger partial charge < -0.3 is 40.9 Å². The van der Waals surface area contributed by atoms with Gasteiger partial charge in [0.05, 0.1) is 25.6 Å². The fraction of sp³-hybridized carbons (Fsp3) is 0.485. The Bertz CT molecular complexity index is 1400. The lowest BCUT2D eigenvalue weighted by atomic mass is 9.93. The van der Waals surface area contributed by atoms with Gasteiger partial charge in [-0.1, -0.05) is 38.1 Å². The van der Waals surface area contributed by atoms with Crippen LogP contribution in [-0.4, -0.2) is 91.1 Å². The minimum atomic E-state index is -0.997. The van der Waals surface area contributed by atoms with Crippen LogP contribution in [0, 0.1) is 12.3 Å². The largest absolute Gasteiger partial charge is 0.495 e. The van der Waals surface area contributed by atoms with Gasteiger partial charge in [-0.25, -0.2) is 9.59 Å². The standard InChI is InChI=1S/C33H46N6O7/c1-23-9-5-6-10-25(23)36-31(44)37-26-13-12-24(19-27(26)46-4)20-28(40)34-21-33(2,3)22-35-32(45)39(18-14-30(42)43)17-8-16-38-15-7-11-29(38)41/h5-6,9-10,12-13,19H,7-8,11,14-18,20-22H2,1-4H3,(H,34,40)(H,35,45)(H,42,43)(H2,36,37,44). The molecule has 1 aliphatic rings. The number of carboxylic acid groups (broad SMARTS) is 1. The highest BCUT2D eigenvalue weighted by Gasteiger charge is 2.24. The highest BCUT2D eigenvalue weighted by atomic mass is 16.5. The number of para-hydroxylation sites is 1. The summed E-state index contributed by atoms with van der Waals surface area (Å²) in [5, 5.41) is 20.5. The molecule has 0 unspecified atom stereocenters. The minimum Gasteiger partial charge on any atom is -0.495 e. The second-order valence-electron chi connectivity index (χ2n) is 12.2. The summed E-state index contributed by atoms with van der Waals surface area (Å²) in [6, 6.07) is 11.7. The number of aliphatic carboxylic acids is 1. The summed E-state index contributed by atoms with van der Waals surface area (Å²) >= 11 is 0. The Morgan fingerprint density at radius 1 is 1.00 bits per heavy atom. The number of likely N-dealkylation sites (tertiary alicyclic amines) is 1. The number of ether oxygens (including phenoxy) is 1. The van der Waals surface area contributed by atoms with Gasteiger partial charge in [-0.05, 0) is 54.5 Å². The van der Waals surface area contributed by atoms with E-state index in [4.69, 9.17) is 9.84 Å². The number of carbonyl (C=O) groups excluding carboxylic acids is 4. The molecule has 2 aromatic rings. The molecule has 1 aliphatic heterocycles. The third-order valence-electron chi connectivity index (χ3n) is 7.66. The second kappa shape index (κ2) is 17.0. The van der Waals surface area contributed by atoms with E-state index in [9.17, 15) is 24.0 Å². The first-order valence-electron chi connectivity index (χ1n) is 15.5. The molecule has 46 heavy (non-hydrogen) atoms. The molecule has 0 bridgehead atoms. The van der Waals surface area contributed by atoms with Crippen molar-refractivity contribution in [1.82, 2.24) is 20.4 Å². The van der Waals surface area contributed by atoms with Crippen LogP contribution in [0.5, 0.6) is 5.75 Å². The maximum absolute atomic E-state index is 12.9. The van der Waals surface area contributed by atoms with E-state index in [1.807, 2.05) is 45.0 Å². The zero-order valence-electron chi connectivity index (χ0n) is 27.1. The second-order valence-corrected chi connectivity index (χ2v) is 12.2. The lowest BCUT2D eigenvalue weighted by Gasteiger charge is -2.29. The zero-order valence-corrected chi connectivity index (χ0v) is 27.1. The molecule has 2 aromatic carbocycles. The maximum Gasteiger partial charge on any atom is 0.323 e. The third kappa shape index (κ3) is 11.6. The number of amides is 6. The Labute approximate surface area is 270 Å². The molecule has 13 nitrogen and oxygen atoms in total. The Kier molecular flexibility index (Phi) is 13.2. The summed E-state index contributed by atoms with van der Waals surface area (Å²) in [5.41, 5.74) is 2.27. The van der Waals surface area contributed by atoms with Crippen LogP contribution in [0.4, 0.5) is 21.0 Å². The number of hydrogen-bond acceptors (Lipinski definition) is 6. The first-order valence-corrected chi connectivity index (χ1v) is 15.5. The number of anilines is 2. The van der Waals surface area contributed by atoms with Gasteiger partial charge in [0.15, 0.2) is 0 Å². The molecule has 5 N–H and O–H groups in total. The number of carbonyl (C=O) groups is 5. The van der Waals surface area contributed by atoms with Crippen molar-refractivity contribution in [3.05, 3.63) is 53.6 Å². The summed E-state index contributed by atoms with van der Waals surface area (Å²) < 4.78 is 5.45. The van der Waals surface area contributed by atoms with Gasteiger partial charge in [-0.2, -0.15) is 0 Å². The Hall–Kier alpha value is -4.81. The van der Waals surface area contributed by atoms with Gasteiger partial charge in [-0.3, -0.25) is 14.4 Å². The van der Waals surface area contributed by atoms with E-state index in [0.29, 0.717) is 55.2 Å². The number of rotatable bonds is 16. The number of methoxy groups -OCH3 is 1. The molecule has 250 valence electrons. The van der Waals surface area contributed by atoms with Crippen molar-refractivity contribution in [2.75, 3.05) is 57.0 Å². The van der Waals surface area contributed by atoms with Crippen LogP contribution in [0.25, 0.3) is 0 Å². The van der Waals surface area contributed by atoms with Crippen LogP contribution in [0.15, 0.2) is 42.5 Å². The number of benzene rings is 2. The topological polar surface area (TPSA) is 169 Å². The Morgan fingerprint density at radius 2 is 1.72 bits per heavy atom. The van der Waals surface area contributed by atoms with E-state index in [0.717, 1.165) is 12.0 Å². The molecule has 6 amide bonds. The SMILES string of the molecule is COc1cc(CC(=O)NCC(C)(C)CNC(=O)N(CCCN2CCCC2=O)CCC(=O)O)ccc1NC(=O)Nc1ccccc1C. The molecule has 0 spiro atoms. The minimum absolute atomic E-state index is 0.0570. The van der Waals surface area contributed by atoms with Crippen LogP contribution < -0.4 is 26.0 Å². The van der Waals surface area contributed by atoms with Crippen molar-refractivity contribution in [3.63, 3.8) is 0 Å². The fourth-order valence-electron chi connectivity index (χ4n) is 4.95. The van der Waals surface area contributed by atoms with E-state index in [-0.39, 0.29) is 50.3 Å². The Morgan fingerprint density at radius 3 is 2.39 bits per heavy atom. The molecule has 0 aromatic heterocycles. The highest BCUT2D eigenvalue weighted by Crippen LogP contribution is 2.26. The lowest BCUT2D eigenvalue weighted by molar-refractivity contribution is -0.137. The first kappa shape index (κ1) is 35.7. The van der Waals surface area contributed by atoms with Crippen molar-refractivity contribution >= 4 is 41.2 Å². The van der Waals surface area contributed by atoms with E-state index in [1.54, 1.807) is 23.1 Å². The summed E-state index contributed by atoms with van der Waals surface area (Å²) in [4.78, 5) is 64.5. The van der Waals surface area contributed by atoms with Crippen molar-refractivity contribution in [1.29, 1.82) is 0 Å². The van der Waals surface area contributed by atoms with Crippen LogP contribution in [0.1, 0.15) is 50.7 Å². The molecule has 13 heteroatoms. The monoisotopic (exact) mass is 638 g/mol.